The van der Waals surface area contributed by atoms with Gasteiger partial charge < -0.3 is 9.64 Å². The van der Waals surface area contributed by atoms with E-state index in [4.69, 9.17) is 4.74 Å². The number of nitrogens with zero attached hydrogens (tertiary/aromatic N) is 3. The maximum absolute atomic E-state index is 11.8. The summed E-state index contributed by atoms with van der Waals surface area (Å²) in [6.45, 7) is 4.72. The first-order valence-corrected chi connectivity index (χ1v) is 6.32. The van der Waals surface area contributed by atoms with E-state index in [0.717, 1.165) is 0 Å². The highest BCUT2D eigenvalue weighted by Gasteiger charge is 2.41. The number of nitro groups is 1. The number of hydrogen-bond donors (Lipinski definition) is 0. The van der Waals surface area contributed by atoms with Gasteiger partial charge in [-0.05, 0) is 26.3 Å². The van der Waals surface area contributed by atoms with Crippen molar-refractivity contribution in [2.75, 3.05) is 25.1 Å². The molecule has 0 aromatic carbocycles. The molecule has 7 nitrogen and oxygen atoms in total. The smallest absolute Gasteiger partial charge is 0.313 e. The van der Waals surface area contributed by atoms with Gasteiger partial charge in [0.25, 0.3) is 5.69 Å². The number of aryl methyl sites for hydroxylation is 1. The van der Waals surface area contributed by atoms with Gasteiger partial charge >= 0.3 is 5.97 Å². The highest BCUT2D eigenvalue weighted by Crippen LogP contribution is 2.34. The Morgan fingerprint density at radius 1 is 1.60 bits per heavy atom. The molecule has 1 fully saturated rings. The zero-order valence-corrected chi connectivity index (χ0v) is 11.8. The van der Waals surface area contributed by atoms with Gasteiger partial charge in [0.2, 0.25) is 0 Å². The number of hydrogen-bond acceptors (Lipinski definition) is 6. The normalized spacial score (nSPS) is 21.9. The molecular weight excluding hydrogens is 262 g/mol. The fourth-order valence-corrected chi connectivity index (χ4v) is 2.47. The minimum Gasteiger partial charge on any atom is -0.469 e. The number of methoxy groups -OCH3 is 1. The first-order chi connectivity index (χ1) is 9.37. The number of anilines is 1. The predicted octanol–water partition coefficient (Wildman–Crippen LogP) is 1.69. The summed E-state index contributed by atoms with van der Waals surface area (Å²) in [7, 11) is 1.38. The van der Waals surface area contributed by atoms with Crippen LogP contribution < -0.4 is 4.90 Å². The van der Waals surface area contributed by atoms with Crippen LogP contribution in [0.5, 0.6) is 0 Å². The molecule has 1 aromatic rings. The van der Waals surface area contributed by atoms with Gasteiger partial charge in [0.15, 0.2) is 0 Å². The first kappa shape index (κ1) is 14.2. The molecule has 1 aliphatic heterocycles. The molecule has 1 unspecified atom stereocenters. The number of aromatic nitrogens is 1. The van der Waals surface area contributed by atoms with Crippen LogP contribution in [0, 0.1) is 22.5 Å². The van der Waals surface area contributed by atoms with Crippen LogP contribution in [-0.2, 0) is 9.53 Å². The number of pyridine rings is 1. The molecule has 20 heavy (non-hydrogen) atoms. The summed E-state index contributed by atoms with van der Waals surface area (Å²) >= 11 is 0. The van der Waals surface area contributed by atoms with Crippen molar-refractivity contribution in [3.63, 3.8) is 0 Å². The molecule has 108 valence electrons. The molecular formula is C13H17N3O4. The molecule has 1 aromatic heterocycles. The summed E-state index contributed by atoms with van der Waals surface area (Å²) in [5, 5.41) is 10.8. The fraction of sp³-hybridized carbons (Fsp3) is 0.538. The van der Waals surface area contributed by atoms with Crippen LogP contribution in [0.2, 0.25) is 0 Å². The van der Waals surface area contributed by atoms with Crippen LogP contribution in [-0.4, -0.2) is 36.1 Å². The average Bonchev–Trinajstić information content (AvgIpc) is 2.81. The van der Waals surface area contributed by atoms with Crippen molar-refractivity contribution in [3.05, 3.63) is 27.9 Å². The number of rotatable bonds is 3. The van der Waals surface area contributed by atoms with Crippen molar-refractivity contribution in [1.82, 2.24) is 4.98 Å². The molecule has 0 saturated carbocycles. The number of ether oxygens (including phenoxy) is 1. The minimum atomic E-state index is -0.549. The van der Waals surface area contributed by atoms with E-state index in [2.05, 4.69) is 4.98 Å². The Morgan fingerprint density at radius 2 is 2.30 bits per heavy atom. The van der Waals surface area contributed by atoms with Gasteiger partial charge in [-0.3, -0.25) is 14.9 Å². The molecule has 1 atom stereocenters. The lowest BCUT2D eigenvalue weighted by atomic mass is 9.90. The van der Waals surface area contributed by atoms with Crippen molar-refractivity contribution < 1.29 is 14.5 Å². The molecule has 2 rings (SSSR count). The third-order valence-electron chi connectivity index (χ3n) is 3.74. The maximum atomic E-state index is 11.8. The summed E-state index contributed by atoms with van der Waals surface area (Å²) in [5.41, 5.74) is 0.0156. The van der Waals surface area contributed by atoms with Gasteiger partial charge in [-0.1, -0.05) is 0 Å². The van der Waals surface area contributed by atoms with E-state index in [9.17, 15) is 14.9 Å². The fourth-order valence-electron chi connectivity index (χ4n) is 2.47. The topological polar surface area (TPSA) is 85.6 Å². The van der Waals surface area contributed by atoms with Gasteiger partial charge in [-0.15, -0.1) is 0 Å². The van der Waals surface area contributed by atoms with E-state index in [0.29, 0.717) is 30.9 Å². The molecule has 0 radical (unpaired) electrons. The maximum Gasteiger partial charge on any atom is 0.313 e. The third-order valence-corrected chi connectivity index (χ3v) is 3.74. The zero-order chi connectivity index (χ0) is 14.9. The highest BCUT2D eigenvalue weighted by atomic mass is 16.6. The molecule has 2 heterocycles. The SMILES string of the molecule is COC(=O)C1(C)CCN(c2cc(C)c([N+](=O)[O-])cn2)C1. The number of carbonyl (C=O) groups is 1. The van der Waals surface area contributed by atoms with Crippen LogP contribution in [0.25, 0.3) is 0 Å². The molecule has 1 aliphatic rings. The lowest BCUT2D eigenvalue weighted by Gasteiger charge is -2.22. The molecule has 0 bridgehead atoms. The second-order valence-electron chi connectivity index (χ2n) is 5.31. The number of carbonyl (C=O) groups excluding carboxylic acids is 1. The standard InChI is InChI=1S/C13H17N3O4/c1-9-6-11(14-7-10(9)16(18)19)15-5-4-13(2,8-15)12(17)20-3/h6-7H,4-5,8H2,1-3H3. The summed E-state index contributed by atoms with van der Waals surface area (Å²) in [5.74, 6) is 0.416. The Balaban J connectivity index is 2.21. The summed E-state index contributed by atoms with van der Waals surface area (Å²) in [6.07, 6.45) is 1.94. The molecule has 0 amide bonds. The van der Waals surface area contributed by atoms with E-state index in [1.54, 1.807) is 13.0 Å². The number of esters is 1. The van der Waals surface area contributed by atoms with E-state index in [1.165, 1.54) is 13.3 Å². The van der Waals surface area contributed by atoms with Crippen molar-refractivity contribution in [3.8, 4) is 0 Å². The monoisotopic (exact) mass is 279 g/mol. The van der Waals surface area contributed by atoms with Crippen LogP contribution in [0.4, 0.5) is 11.5 Å². The van der Waals surface area contributed by atoms with Crippen LogP contribution in [0.15, 0.2) is 12.3 Å². The van der Waals surface area contributed by atoms with Crippen LogP contribution in [0.3, 0.4) is 0 Å². The Kier molecular flexibility index (Phi) is 3.61. The summed E-state index contributed by atoms with van der Waals surface area (Å²) < 4.78 is 4.82. The van der Waals surface area contributed by atoms with Gasteiger partial charge in [0.1, 0.15) is 12.0 Å². The van der Waals surface area contributed by atoms with Crippen LogP contribution in [0.1, 0.15) is 18.9 Å². The second-order valence-corrected chi connectivity index (χ2v) is 5.31. The van der Waals surface area contributed by atoms with Crippen LogP contribution >= 0.6 is 0 Å². The van der Waals surface area contributed by atoms with Gasteiger partial charge in [-0.2, -0.15) is 0 Å². The molecule has 0 N–H and O–H groups in total. The van der Waals surface area contributed by atoms with Crippen molar-refractivity contribution >= 4 is 17.5 Å². The average molecular weight is 279 g/mol. The minimum absolute atomic E-state index is 0.00340. The largest absolute Gasteiger partial charge is 0.469 e. The van der Waals surface area contributed by atoms with Crippen molar-refractivity contribution in [2.45, 2.75) is 20.3 Å². The molecule has 0 spiro atoms. The Bertz CT molecular complexity index is 561. The van der Waals surface area contributed by atoms with E-state index < -0.39 is 10.3 Å². The lowest BCUT2D eigenvalue weighted by molar-refractivity contribution is -0.385. The second kappa shape index (κ2) is 5.07. The Labute approximate surface area is 116 Å². The van der Waals surface area contributed by atoms with E-state index >= 15 is 0 Å². The van der Waals surface area contributed by atoms with Gasteiger partial charge in [0, 0.05) is 18.7 Å². The van der Waals surface area contributed by atoms with Crippen molar-refractivity contribution in [1.29, 1.82) is 0 Å². The zero-order valence-electron chi connectivity index (χ0n) is 11.8. The van der Waals surface area contributed by atoms with E-state index in [-0.39, 0.29) is 11.7 Å². The van der Waals surface area contributed by atoms with Crippen molar-refractivity contribution in [2.24, 2.45) is 5.41 Å². The predicted molar refractivity (Wildman–Crippen MR) is 72.6 cm³/mol. The molecule has 0 aliphatic carbocycles. The third kappa shape index (κ3) is 2.43. The summed E-state index contributed by atoms with van der Waals surface area (Å²) in [4.78, 5) is 28.2. The molecule has 7 heteroatoms. The Hall–Kier alpha value is -2.18. The summed E-state index contributed by atoms with van der Waals surface area (Å²) in [6, 6.07) is 1.68. The quantitative estimate of drug-likeness (QED) is 0.475. The highest BCUT2D eigenvalue weighted by molar-refractivity contribution is 5.78. The molecule has 1 saturated heterocycles. The lowest BCUT2D eigenvalue weighted by Crippen LogP contribution is -2.33. The first-order valence-electron chi connectivity index (χ1n) is 6.32. The van der Waals surface area contributed by atoms with E-state index in [1.807, 2.05) is 11.8 Å². The van der Waals surface area contributed by atoms with Gasteiger partial charge in [-0.25, -0.2) is 4.98 Å². The Morgan fingerprint density at radius 3 is 2.85 bits per heavy atom. The van der Waals surface area contributed by atoms with Gasteiger partial charge in [0.05, 0.1) is 17.4 Å².